The number of carboxylic acids is 1. The van der Waals surface area contributed by atoms with Gasteiger partial charge >= 0.3 is 5.97 Å². The zero-order valence-corrected chi connectivity index (χ0v) is 7.31. The van der Waals surface area contributed by atoms with Gasteiger partial charge in [0.15, 0.2) is 5.70 Å². The molecule has 2 aliphatic rings. The fourth-order valence-corrected chi connectivity index (χ4v) is 2.48. The van der Waals surface area contributed by atoms with Crippen LogP contribution < -0.4 is 0 Å². The predicted octanol–water partition coefficient (Wildman–Crippen LogP) is 0.557. The first kappa shape index (κ1) is 8.55. The largest absolute Gasteiger partial charge is 0.476 e. The third kappa shape index (κ3) is 1.13. The third-order valence-corrected chi connectivity index (χ3v) is 3.19. The van der Waals surface area contributed by atoms with Gasteiger partial charge < -0.3 is 5.11 Å². The van der Waals surface area contributed by atoms with Crippen molar-refractivity contribution in [1.82, 2.24) is 4.90 Å². The molecule has 0 aromatic rings. The van der Waals surface area contributed by atoms with Gasteiger partial charge in [0.1, 0.15) is 5.83 Å². The van der Waals surface area contributed by atoms with Crippen LogP contribution in [0.25, 0.3) is 0 Å². The highest BCUT2D eigenvalue weighted by Gasteiger charge is 2.45. The summed E-state index contributed by atoms with van der Waals surface area (Å²) in [4.78, 5) is 22.6. The fourth-order valence-electron chi connectivity index (χ4n) is 1.38. The van der Waals surface area contributed by atoms with Crippen LogP contribution in [0.5, 0.6) is 0 Å². The molecule has 0 aliphatic carbocycles. The topological polar surface area (TPSA) is 57.6 Å². The minimum Gasteiger partial charge on any atom is -0.476 e. The standard InChI is InChI=1S/C7H6FNO3S/c8-3-2-13-5-1-4(10)9(5)6(3)7(11)12/h5H,1-2H2,(H,11,12)/t5-/m1/s1. The van der Waals surface area contributed by atoms with Crippen LogP contribution >= 0.6 is 11.8 Å². The average Bonchev–Trinajstić information content (AvgIpc) is 2.05. The Bertz CT molecular complexity index is 328. The molecule has 2 rings (SSSR count). The number of rotatable bonds is 1. The van der Waals surface area contributed by atoms with Crippen molar-refractivity contribution in [3.05, 3.63) is 11.5 Å². The number of thioether (sulfide) groups is 1. The van der Waals surface area contributed by atoms with Crippen molar-refractivity contribution < 1.29 is 19.1 Å². The molecule has 0 radical (unpaired) electrons. The lowest BCUT2D eigenvalue weighted by atomic mass is 10.1. The van der Waals surface area contributed by atoms with E-state index >= 15 is 0 Å². The van der Waals surface area contributed by atoms with Gasteiger partial charge in [0.25, 0.3) is 0 Å². The lowest BCUT2D eigenvalue weighted by Crippen LogP contribution is -2.53. The highest BCUT2D eigenvalue weighted by molar-refractivity contribution is 8.00. The molecular formula is C7H6FNO3S. The van der Waals surface area contributed by atoms with Crippen LogP contribution in [0.3, 0.4) is 0 Å². The van der Waals surface area contributed by atoms with Gasteiger partial charge in [0.2, 0.25) is 5.91 Å². The number of nitrogens with zero attached hydrogens (tertiary/aromatic N) is 1. The van der Waals surface area contributed by atoms with Crippen LogP contribution in [-0.2, 0) is 9.59 Å². The second-order valence-corrected chi connectivity index (χ2v) is 3.96. The molecule has 0 unspecified atom stereocenters. The van der Waals surface area contributed by atoms with Crippen molar-refractivity contribution in [3.63, 3.8) is 0 Å². The number of β-lactam (4-membered cyclic amide) rings is 1. The summed E-state index contributed by atoms with van der Waals surface area (Å²) < 4.78 is 13.0. The fraction of sp³-hybridized carbons (Fsp3) is 0.429. The van der Waals surface area contributed by atoms with E-state index in [0.29, 0.717) is 6.42 Å². The Morgan fingerprint density at radius 2 is 2.38 bits per heavy atom. The van der Waals surface area contributed by atoms with Crippen LogP contribution in [0.2, 0.25) is 0 Å². The SMILES string of the molecule is O=C(O)C1=C(F)CS[C@@H]2CC(=O)N12. The zero-order chi connectivity index (χ0) is 9.59. The Morgan fingerprint density at radius 1 is 1.69 bits per heavy atom. The molecule has 0 bridgehead atoms. The van der Waals surface area contributed by atoms with E-state index in [1.54, 1.807) is 0 Å². The number of hydrogen-bond donors (Lipinski definition) is 1. The van der Waals surface area contributed by atoms with Gasteiger partial charge in [0, 0.05) is 5.75 Å². The molecule has 1 amide bonds. The van der Waals surface area contributed by atoms with Crippen molar-refractivity contribution in [1.29, 1.82) is 0 Å². The molecule has 1 N–H and O–H groups in total. The monoisotopic (exact) mass is 203 g/mol. The minimum absolute atomic E-state index is 0.0517. The number of aliphatic carboxylic acids is 1. The van der Waals surface area contributed by atoms with Crippen molar-refractivity contribution in [2.45, 2.75) is 11.8 Å². The summed E-state index contributed by atoms with van der Waals surface area (Å²) in [5.41, 5.74) is -0.472. The van der Waals surface area contributed by atoms with E-state index in [4.69, 9.17) is 5.11 Å². The molecule has 1 saturated heterocycles. The highest BCUT2D eigenvalue weighted by Crippen LogP contribution is 2.39. The zero-order valence-electron chi connectivity index (χ0n) is 6.49. The Kier molecular flexibility index (Phi) is 1.80. The number of halogens is 1. The van der Waals surface area contributed by atoms with E-state index in [1.165, 1.54) is 11.8 Å². The molecule has 0 aromatic carbocycles. The summed E-state index contributed by atoms with van der Waals surface area (Å²) in [6.45, 7) is 0. The maximum atomic E-state index is 13.0. The molecule has 4 nitrogen and oxygen atoms in total. The molecule has 70 valence electrons. The summed E-state index contributed by atoms with van der Waals surface area (Å²) in [5, 5.41) is 8.48. The van der Waals surface area contributed by atoms with Crippen LogP contribution in [-0.4, -0.2) is 33.0 Å². The number of fused-ring (bicyclic) bond motifs is 1. The van der Waals surface area contributed by atoms with Crippen molar-refractivity contribution >= 4 is 23.6 Å². The van der Waals surface area contributed by atoms with Gasteiger partial charge in [-0.15, -0.1) is 11.8 Å². The van der Waals surface area contributed by atoms with E-state index in [1.807, 2.05) is 0 Å². The summed E-state index contributed by atoms with van der Waals surface area (Å²) in [5.74, 6) is -2.35. The summed E-state index contributed by atoms with van der Waals surface area (Å²) in [6.07, 6.45) is 0.314. The minimum atomic E-state index is -1.36. The molecular weight excluding hydrogens is 197 g/mol. The number of carbonyl (C=O) groups is 2. The highest BCUT2D eigenvalue weighted by atomic mass is 32.2. The normalized spacial score (nSPS) is 27.0. The van der Waals surface area contributed by atoms with Crippen molar-refractivity contribution in [3.8, 4) is 0 Å². The molecule has 2 heterocycles. The maximum Gasteiger partial charge on any atom is 0.355 e. The average molecular weight is 203 g/mol. The number of carboxylic acid groups (broad SMARTS) is 1. The number of carbonyl (C=O) groups excluding carboxylic acids is 1. The second-order valence-electron chi connectivity index (χ2n) is 2.79. The molecule has 0 spiro atoms. The van der Waals surface area contributed by atoms with Crippen molar-refractivity contribution in [2.24, 2.45) is 0 Å². The summed E-state index contributed by atoms with van der Waals surface area (Å²) >= 11 is 1.25. The molecule has 1 fully saturated rings. The van der Waals surface area contributed by atoms with Crippen LogP contribution in [0.4, 0.5) is 4.39 Å². The van der Waals surface area contributed by atoms with E-state index in [9.17, 15) is 14.0 Å². The lowest BCUT2D eigenvalue weighted by Gasteiger charge is -2.42. The van der Waals surface area contributed by atoms with Crippen molar-refractivity contribution in [2.75, 3.05) is 5.75 Å². The Balaban J connectivity index is 2.37. The Hall–Kier alpha value is -1.04. The van der Waals surface area contributed by atoms with E-state index in [0.717, 1.165) is 4.90 Å². The molecule has 6 heteroatoms. The van der Waals surface area contributed by atoms with Gasteiger partial charge in [-0.3, -0.25) is 9.69 Å². The van der Waals surface area contributed by atoms with Crippen LogP contribution in [0, 0.1) is 0 Å². The van der Waals surface area contributed by atoms with E-state index < -0.39 is 17.5 Å². The van der Waals surface area contributed by atoms with Gasteiger partial charge in [0.05, 0.1) is 11.8 Å². The van der Waals surface area contributed by atoms with Crippen LogP contribution in [0.1, 0.15) is 6.42 Å². The van der Waals surface area contributed by atoms with Gasteiger partial charge in [-0.25, -0.2) is 9.18 Å². The third-order valence-electron chi connectivity index (χ3n) is 2.01. The van der Waals surface area contributed by atoms with Gasteiger partial charge in [-0.2, -0.15) is 0 Å². The molecule has 0 saturated carbocycles. The van der Waals surface area contributed by atoms with E-state index in [2.05, 4.69) is 0 Å². The van der Waals surface area contributed by atoms with Crippen LogP contribution in [0.15, 0.2) is 11.5 Å². The first-order valence-electron chi connectivity index (χ1n) is 3.67. The maximum absolute atomic E-state index is 13.0. The van der Waals surface area contributed by atoms with Gasteiger partial charge in [-0.1, -0.05) is 0 Å². The predicted molar refractivity (Wildman–Crippen MR) is 43.5 cm³/mol. The van der Waals surface area contributed by atoms with Gasteiger partial charge in [-0.05, 0) is 0 Å². The first-order chi connectivity index (χ1) is 6.11. The van der Waals surface area contributed by atoms with E-state index in [-0.39, 0.29) is 17.0 Å². The molecule has 1 atom stereocenters. The summed E-state index contributed by atoms with van der Waals surface area (Å²) in [6, 6.07) is 0. The quantitative estimate of drug-likeness (QED) is 0.632. The number of amides is 1. The molecule has 0 aromatic heterocycles. The Labute approximate surface area is 77.4 Å². The summed E-state index contributed by atoms with van der Waals surface area (Å²) in [7, 11) is 0. The second kappa shape index (κ2) is 2.73. The Morgan fingerprint density at radius 3 is 2.85 bits per heavy atom. The first-order valence-corrected chi connectivity index (χ1v) is 4.71. The molecule has 2 aliphatic heterocycles. The smallest absolute Gasteiger partial charge is 0.355 e. The number of hydrogen-bond acceptors (Lipinski definition) is 3. The lowest BCUT2D eigenvalue weighted by molar-refractivity contribution is -0.146. The molecule has 13 heavy (non-hydrogen) atoms.